The lowest BCUT2D eigenvalue weighted by Gasteiger charge is -2.47. The van der Waals surface area contributed by atoms with Crippen LogP contribution in [0.3, 0.4) is 0 Å². The summed E-state index contributed by atoms with van der Waals surface area (Å²) >= 11 is 0. The zero-order valence-electron chi connectivity index (χ0n) is 48.2. The zero-order chi connectivity index (χ0) is 56.3. The van der Waals surface area contributed by atoms with Gasteiger partial charge in [-0.15, -0.1) is 4.08 Å². The fourth-order valence-electron chi connectivity index (χ4n) is 10.1. The molecule has 10 nitrogen and oxygen atoms in total. The van der Waals surface area contributed by atoms with Crippen LogP contribution in [0, 0.1) is 47.5 Å². The van der Waals surface area contributed by atoms with Crippen molar-refractivity contribution in [3.63, 3.8) is 0 Å². The van der Waals surface area contributed by atoms with Crippen LogP contribution in [0.25, 0.3) is 0 Å². The van der Waals surface area contributed by atoms with Gasteiger partial charge in [0.2, 0.25) is 0 Å². The lowest BCUT2D eigenvalue weighted by atomic mass is 9.76. The summed E-state index contributed by atoms with van der Waals surface area (Å²) in [6.45, 7) is 32.6. The summed E-state index contributed by atoms with van der Waals surface area (Å²) < 4.78 is 95.0. The highest BCUT2D eigenvalue weighted by atomic mass is 32.2. The van der Waals surface area contributed by atoms with Crippen molar-refractivity contribution in [2.75, 3.05) is 0 Å². The first kappa shape index (κ1) is 59.9. The van der Waals surface area contributed by atoms with E-state index in [2.05, 4.69) is 55.4 Å². The van der Waals surface area contributed by atoms with Crippen LogP contribution >= 0.6 is 17.1 Å². The van der Waals surface area contributed by atoms with Crippen molar-refractivity contribution in [2.45, 2.75) is 182 Å². The number of sulfonamides is 2. The van der Waals surface area contributed by atoms with Crippen molar-refractivity contribution in [1.82, 2.24) is 8.15 Å². The fraction of sp³-hybridized carbons (Fsp3) is 0.429. The zero-order valence-corrected chi connectivity index (χ0v) is 51.6. The lowest BCUT2D eigenvalue weighted by Crippen LogP contribution is -2.52. The minimum atomic E-state index is -4.39. The third-order valence-electron chi connectivity index (χ3n) is 14.8. The summed E-state index contributed by atoms with van der Waals surface area (Å²) in [5.41, 5.74) is 8.29. The molecule has 7 rings (SSSR count). The Balaban J connectivity index is 1.38. The summed E-state index contributed by atoms with van der Waals surface area (Å²) in [6, 6.07) is 37.5. The molecule has 1 fully saturated rings. The predicted molar refractivity (Wildman–Crippen MR) is 318 cm³/mol. The van der Waals surface area contributed by atoms with E-state index in [9.17, 15) is 0 Å². The van der Waals surface area contributed by atoms with E-state index in [0.717, 1.165) is 55.6 Å². The van der Waals surface area contributed by atoms with Gasteiger partial charge in [-0.3, -0.25) is 0 Å². The van der Waals surface area contributed by atoms with Gasteiger partial charge in [-0.25, -0.2) is 16.8 Å². The second-order valence-corrected chi connectivity index (χ2v) is 29.6. The summed E-state index contributed by atoms with van der Waals surface area (Å²) in [6.07, 6.45) is 1.67. The highest BCUT2D eigenvalue weighted by molar-refractivity contribution is 7.94. The quantitative estimate of drug-likeness (QED) is 0.0655. The molecule has 6 aromatic rings. The Labute approximate surface area is 465 Å². The van der Waals surface area contributed by atoms with E-state index in [1.54, 1.807) is 24.3 Å². The largest absolute Gasteiger partial charge is 0.426 e. The predicted octanol–water partition coefficient (Wildman–Crippen LogP) is 17.8. The lowest BCUT2D eigenvalue weighted by molar-refractivity contribution is 0.135. The molecule has 0 saturated heterocycles. The molecule has 14 heteroatoms. The van der Waals surface area contributed by atoms with Crippen LogP contribution in [0.15, 0.2) is 131 Å². The van der Waals surface area contributed by atoms with Crippen molar-refractivity contribution >= 4 is 37.1 Å². The van der Waals surface area contributed by atoms with Crippen molar-refractivity contribution in [1.29, 1.82) is 0 Å². The molecule has 0 N–H and O–H groups in total. The van der Waals surface area contributed by atoms with Gasteiger partial charge in [0.1, 0.15) is 23.0 Å². The van der Waals surface area contributed by atoms with Crippen LogP contribution in [0.4, 0.5) is 0 Å². The number of benzene rings is 6. The fourth-order valence-corrected chi connectivity index (χ4v) is 18.0. The van der Waals surface area contributed by atoms with Crippen molar-refractivity contribution < 1.29 is 34.9 Å². The molecule has 0 radical (unpaired) electrons. The van der Waals surface area contributed by atoms with Gasteiger partial charge in [-0.2, -0.15) is 0 Å². The maximum atomic E-state index is 15.9. The Morgan fingerprint density at radius 2 is 0.701 bits per heavy atom. The van der Waals surface area contributed by atoms with E-state index in [1.165, 1.54) is 8.15 Å². The first-order valence-electron chi connectivity index (χ1n) is 27.2. The smallest absolute Gasteiger partial charge is 0.400 e. The van der Waals surface area contributed by atoms with Gasteiger partial charge in [0.25, 0.3) is 20.0 Å². The van der Waals surface area contributed by atoms with Crippen LogP contribution < -0.4 is 18.1 Å². The van der Waals surface area contributed by atoms with E-state index >= 15 is 16.8 Å². The monoisotopic (exact) mass is 1120 g/mol. The highest BCUT2D eigenvalue weighted by Crippen LogP contribution is 2.58. The third-order valence-corrected chi connectivity index (χ3v) is 23.2. The van der Waals surface area contributed by atoms with E-state index in [0.29, 0.717) is 48.7 Å². The molecule has 0 aromatic heterocycles. The standard InChI is InChI=1S/C63H82N2O8P2S2/c1-41(2)55-33-21-47(11)37-59(55)70-74(71-60-38-48(12)22-34-56(60)42(3)4)64(76(66,67)53-29-17-45(9)18-30-53)52-27-25-51(26-28-52)63(15,16)65(77(68,69)54-31-19-46(10)20-32-54)75(72-61-39-49(13)23-35-57(61)43(5)6)73-62-40-50(14)24-36-58(62)44(7)8/h17-24,29-44,51-52H,25-28H2,1-16H3. The van der Waals surface area contributed by atoms with Crippen LogP contribution in [0.5, 0.6) is 23.0 Å². The molecule has 0 unspecified atom stereocenters. The molecule has 0 amide bonds. The maximum absolute atomic E-state index is 15.9. The summed E-state index contributed by atoms with van der Waals surface area (Å²) in [4.78, 5) is 0.256. The van der Waals surface area contributed by atoms with Gasteiger partial charge in [0.05, 0.1) is 9.79 Å². The van der Waals surface area contributed by atoms with Gasteiger partial charge in [0.15, 0.2) is 0 Å². The molecule has 0 bridgehead atoms. The molecule has 0 heterocycles. The maximum Gasteiger partial charge on any atom is 0.400 e. The summed E-state index contributed by atoms with van der Waals surface area (Å²) in [5.74, 6) is 2.19. The molecule has 6 aromatic carbocycles. The van der Waals surface area contributed by atoms with Gasteiger partial charge < -0.3 is 18.1 Å². The van der Waals surface area contributed by atoms with Gasteiger partial charge in [0, 0.05) is 11.6 Å². The Morgan fingerprint density at radius 3 is 1.01 bits per heavy atom. The van der Waals surface area contributed by atoms with E-state index in [-0.39, 0.29) is 39.4 Å². The SMILES string of the molecule is Cc1ccc(S(=O)(=O)N(C2CCC(C(C)(C)N(P(Oc3cc(C)ccc3C(C)C)Oc3cc(C)ccc3C(C)C)S(=O)(=O)c3ccc(C)cc3)CC2)P(Oc2cc(C)ccc2C(C)C)Oc2cc(C)ccc2C(C)C)cc1. The van der Waals surface area contributed by atoms with Gasteiger partial charge in [-0.1, -0.05) is 143 Å². The second-order valence-electron chi connectivity index (χ2n) is 22.9. The van der Waals surface area contributed by atoms with Gasteiger partial charge in [-0.05, 0) is 204 Å². The van der Waals surface area contributed by atoms with Crippen molar-refractivity contribution in [3.05, 3.63) is 177 Å². The van der Waals surface area contributed by atoms with E-state index in [1.807, 2.05) is 152 Å². The average molecular weight is 1120 g/mol. The molecule has 0 atom stereocenters. The first-order valence-corrected chi connectivity index (χ1v) is 32.3. The molecule has 1 aliphatic carbocycles. The minimum Gasteiger partial charge on any atom is -0.426 e. The minimum absolute atomic E-state index is 0.0569. The summed E-state index contributed by atoms with van der Waals surface area (Å²) in [5, 5.41) is 0. The summed E-state index contributed by atoms with van der Waals surface area (Å²) in [7, 11) is -13.6. The molecule has 0 aliphatic heterocycles. The molecule has 1 saturated carbocycles. The number of aryl methyl sites for hydroxylation is 6. The Kier molecular flexibility index (Phi) is 19.2. The third kappa shape index (κ3) is 13.8. The molecule has 0 spiro atoms. The van der Waals surface area contributed by atoms with E-state index < -0.39 is 48.7 Å². The van der Waals surface area contributed by atoms with E-state index in [4.69, 9.17) is 18.1 Å². The number of hydrogen-bond acceptors (Lipinski definition) is 8. The second kappa shape index (κ2) is 24.7. The average Bonchev–Trinajstić information content (AvgIpc) is 3.36. The molecule has 1 aliphatic rings. The number of nitrogens with zero attached hydrogens (tertiary/aromatic N) is 2. The van der Waals surface area contributed by atoms with Crippen LogP contribution in [-0.4, -0.2) is 36.6 Å². The van der Waals surface area contributed by atoms with Gasteiger partial charge >= 0.3 is 17.1 Å². The normalized spacial score (nSPS) is 15.7. The van der Waals surface area contributed by atoms with Crippen molar-refractivity contribution in [2.24, 2.45) is 5.92 Å². The Bertz CT molecular complexity index is 3110. The van der Waals surface area contributed by atoms with Crippen LogP contribution in [0.1, 0.15) is 174 Å². The first-order chi connectivity index (χ1) is 36.2. The molecular weight excluding hydrogens is 1040 g/mol. The Morgan fingerprint density at radius 1 is 0.416 bits per heavy atom. The molecular formula is C63H82N2O8P2S2. The molecule has 77 heavy (non-hydrogen) atoms. The molecule has 414 valence electrons. The van der Waals surface area contributed by atoms with Crippen LogP contribution in [0.2, 0.25) is 0 Å². The number of hydrogen-bond donors (Lipinski definition) is 0. The topological polar surface area (TPSA) is 112 Å². The number of rotatable bonds is 21. The van der Waals surface area contributed by atoms with Crippen molar-refractivity contribution in [3.8, 4) is 23.0 Å². The highest BCUT2D eigenvalue weighted by Gasteiger charge is 2.53. The van der Waals surface area contributed by atoms with Crippen LogP contribution in [-0.2, 0) is 20.0 Å². The Hall–Kier alpha value is -4.80.